The fraction of sp³-hybridized carbons (Fsp3) is 0.400. The molecule has 3 aromatic rings. The molecule has 0 amide bonds. The SMILES string of the molecule is COc1nccc2ccc(N[C@H]3CC[C@H](CNc4ncc(N)cn4)CC3)nc12. The maximum atomic E-state index is 5.62. The molecule has 0 atom stereocenters. The molecular formula is C20H25N7O. The molecule has 146 valence electrons. The van der Waals surface area contributed by atoms with Crippen molar-refractivity contribution in [1.82, 2.24) is 19.9 Å². The monoisotopic (exact) mass is 379 g/mol. The van der Waals surface area contributed by atoms with Gasteiger partial charge in [0, 0.05) is 24.2 Å². The van der Waals surface area contributed by atoms with Gasteiger partial charge in [0.25, 0.3) is 0 Å². The maximum Gasteiger partial charge on any atom is 0.240 e. The molecule has 8 nitrogen and oxygen atoms in total. The number of aromatic nitrogens is 4. The van der Waals surface area contributed by atoms with Crippen molar-refractivity contribution in [2.45, 2.75) is 31.7 Å². The highest BCUT2D eigenvalue weighted by Gasteiger charge is 2.21. The Hall–Kier alpha value is -3.16. The van der Waals surface area contributed by atoms with E-state index in [1.807, 2.05) is 12.1 Å². The summed E-state index contributed by atoms with van der Waals surface area (Å²) in [4.78, 5) is 17.3. The minimum Gasteiger partial charge on any atom is -0.479 e. The fourth-order valence-corrected chi connectivity index (χ4v) is 3.64. The molecule has 1 aliphatic carbocycles. The molecule has 3 aromatic heterocycles. The first-order valence-corrected chi connectivity index (χ1v) is 9.59. The molecule has 1 saturated carbocycles. The van der Waals surface area contributed by atoms with Gasteiger partial charge in [-0.25, -0.2) is 19.9 Å². The van der Waals surface area contributed by atoms with Gasteiger partial charge in [-0.05, 0) is 49.8 Å². The molecule has 1 fully saturated rings. The van der Waals surface area contributed by atoms with Crippen molar-refractivity contribution in [2.24, 2.45) is 5.92 Å². The summed E-state index contributed by atoms with van der Waals surface area (Å²) in [6.07, 6.45) is 9.50. The predicted octanol–water partition coefficient (Wildman–Crippen LogP) is 3.09. The van der Waals surface area contributed by atoms with Crippen molar-refractivity contribution in [2.75, 3.05) is 30.0 Å². The highest BCUT2D eigenvalue weighted by atomic mass is 16.5. The van der Waals surface area contributed by atoms with Crippen LogP contribution >= 0.6 is 0 Å². The minimum atomic E-state index is 0.427. The van der Waals surface area contributed by atoms with Crippen molar-refractivity contribution in [1.29, 1.82) is 0 Å². The molecule has 0 bridgehead atoms. The van der Waals surface area contributed by atoms with E-state index in [0.29, 0.717) is 29.5 Å². The molecule has 0 aliphatic heterocycles. The standard InChI is InChI=1S/C20H25N7O/c1-28-19-18-14(8-9-22-19)4-7-17(27-18)26-16-5-2-13(3-6-16)10-23-20-24-11-15(21)12-25-20/h4,7-9,11-13,16H,2-3,5-6,10,21H2,1H3,(H,26,27)(H,23,24,25)/t13-,16-. The summed E-state index contributed by atoms with van der Waals surface area (Å²) in [6.45, 7) is 0.883. The van der Waals surface area contributed by atoms with Gasteiger partial charge in [-0.3, -0.25) is 0 Å². The normalized spacial score (nSPS) is 19.3. The van der Waals surface area contributed by atoms with Gasteiger partial charge < -0.3 is 21.1 Å². The molecule has 4 N–H and O–H groups in total. The molecule has 0 unspecified atom stereocenters. The average molecular weight is 379 g/mol. The van der Waals surface area contributed by atoms with Crippen LogP contribution in [0.15, 0.2) is 36.8 Å². The molecule has 0 spiro atoms. The minimum absolute atomic E-state index is 0.427. The second-order valence-electron chi connectivity index (χ2n) is 7.17. The summed E-state index contributed by atoms with van der Waals surface area (Å²) in [5, 5.41) is 7.90. The van der Waals surface area contributed by atoms with Crippen LogP contribution < -0.4 is 21.1 Å². The molecule has 4 rings (SSSR count). The number of fused-ring (bicyclic) bond motifs is 1. The average Bonchev–Trinajstić information content (AvgIpc) is 2.74. The first kappa shape index (κ1) is 18.2. The molecule has 0 radical (unpaired) electrons. The van der Waals surface area contributed by atoms with Gasteiger partial charge in [0.05, 0.1) is 25.2 Å². The molecule has 0 aromatic carbocycles. The van der Waals surface area contributed by atoms with Crippen LogP contribution in [0.1, 0.15) is 25.7 Å². The number of anilines is 3. The quantitative estimate of drug-likeness (QED) is 0.599. The van der Waals surface area contributed by atoms with Gasteiger partial charge in [-0.2, -0.15) is 0 Å². The van der Waals surface area contributed by atoms with Gasteiger partial charge in [0.1, 0.15) is 11.3 Å². The van der Waals surface area contributed by atoms with E-state index in [4.69, 9.17) is 15.5 Å². The van der Waals surface area contributed by atoms with Crippen LogP contribution in [0.3, 0.4) is 0 Å². The van der Waals surface area contributed by atoms with Crippen LogP contribution in [0.2, 0.25) is 0 Å². The van der Waals surface area contributed by atoms with Crippen LogP contribution in [-0.2, 0) is 0 Å². The summed E-state index contributed by atoms with van der Waals surface area (Å²) in [6, 6.07) is 6.44. The molecule has 28 heavy (non-hydrogen) atoms. The molecule has 0 saturated heterocycles. The third kappa shape index (κ3) is 4.21. The van der Waals surface area contributed by atoms with E-state index in [0.717, 1.165) is 48.9 Å². The van der Waals surface area contributed by atoms with Crippen molar-refractivity contribution in [3.63, 3.8) is 0 Å². The van der Waals surface area contributed by atoms with Crippen LogP contribution in [0.25, 0.3) is 10.9 Å². The number of hydrogen-bond donors (Lipinski definition) is 3. The number of hydrogen-bond acceptors (Lipinski definition) is 8. The number of nitrogens with zero attached hydrogens (tertiary/aromatic N) is 4. The second kappa shape index (κ2) is 8.24. The zero-order valence-electron chi connectivity index (χ0n) is 15.9. The van der Waals surface area contributed by atoms with Crippen molar-refractivity contribution in [3.8, 4) is 5.88 Å². The zero-order valence-corrected chi connectivity index (χ0v) is 15.9. The Morgan fingerprint density at radius 2 is 1.86 bits per heavy atom. The van der Waals surface area contributed by atoms with Crippen molar-refractivity contribution < 1.29 is 4.74 Å². The van der Waals surface area contributed by atoms with Crippen molar-refractivity contribution in [3.05, 3.63) is 36.8 Å². The van der Waals surface area contributed by atoms with E-state index in [1.165, 1.54) is 0 Å². The number of methoxy groups -OCH3 is 1. The number of nitrogens with two attached hydrogens (primary N) is 1. The summed E-state index contributed by atoms with van der Waals surface area (Å²) in [7, 11) is 1.62. The molecule has 3 heterocycles. The van der Waals surface area contributed by atoms with E-state index in [9.17, 15) is 0 Å². The Kier molecular flexibility index (Phi) is 5.36. The Balaban J connectivity index is 1.30. The lowest BCUT2D eigenvalue weighted by atomic mass is 9.86. The largest absolute Gasteiger partial charge is 0.479 e. The Bertz CT molecular complexity index is 923. The molecular weight excluding hydrogens is 354 g/mol. The maximum absolute atomic E-state index is 5.62. The van der Waals surface area contributed by atoms with Crippen LogP contribution in [0.5, 0.6) is 5.88 Å². The van der Waals surface area contributed by atoms with Gasteiger partial charge in [0.2, 0.25) is 11.8 Å². The third-order valence-electron chi connectivity index (χ3n) is 5.19. The number of nitrogens with one attached hydrogen (secondary N) is 2. The number of rotatable bonds is 6. The topological polar surface area (TPSA) is 111 Å². The summed E-state index contributed by atoms with van der Waals surface area (Å²) < 4.78 is 5.33. The van der Waals surface area contributed by atoms with Gasteiger partial charge in [-0.1, -0.05) is 0 Å². The Morgan fingerprint density at radius 1 is 1.07 bits per heavy atom. The van der Waals surface area contributed by atoms with Gasteiger partial charge >= 0.3 is 0 Å². The Labute approximate surface area is 164 Å². The summed E-state index contributed by atoms with van der Waals surface area (Å²) in [5.41, 5.74) is 6.98. The molecule has 1 aliphatic rings. The van der Waals surface area contributed by atoms with Gasteiger partial charge in [-0.15, -0.1) is 0 Å². The predicted molar refractivity (Wildman–Crippen MR) is 110 cm³/mol. The van der Waals surface area contributed by atoms with E-state index in [2.05, 4.69) is 31.7 Å². The van der Waals surface area contributed by atoms with Crippen molar-refractivity contribution >= 4 is 28.4 Å². The number of nitrogen functional groups attached to an aromatic ring is 1. The molecule has 8 heteroatoms. The van der Waals surface area contributed by atoms with Crippen LogP contribution in [0.4, 0.5) is 17.5 Å². The number of ether oxygens (including phenoxy) is 1. The van der Waals surface area contributed by atoms with Gasteiger partial charge in [0.15, 0.2) is 0 Å². The zero-order chi connectivity index (χ0) is 19.3. The first-order valence-electron chi connectivity index (χ1n) is 9.59. The van der Waals surface area contributed by atoms with E-state index >= 15 is 0 Å². The van der Waals surface area contributed by atoms with E-state index in [1.54, 1.807) is 25.7 Å². The van der Waals surface area contributed by atoms with E-state index < -0.39 is 0 Å². The van der Waals surface area contributed by atoms with Crippen LogP contribution in [0, 0.1) is 5.92 Å². The number of pyridine rings is 2. The highest BCUT2D eigenvalue weighted by Crippen LogP contribution is 2.28. The lowest BCUT2D eigenvalue weighted by molar-refractivity contribution is 0.350. The smallest absolute Gasteiger partial charge is 0.240 e. The second-order valence-corrected chi connectivity index (χ2v) is 7.17. The third-order valence-corrected chi connectivity index (χ3v) is 5.19. The lowest BCUT2D eigenvalue weighted by Gasteiger charge is -2.29. The Morgan fingerprint density at radius 3 is 2.61 bits per heavy atom. The van der Waals surface area contributed by atoms with E-state index in [-0.39, 0.29) is 0 Å². The first-order chi connectivity index (χ1) is 13.7. The lowest BCUT2D eigenvalue weighted by Crippen LogP contribution is -2.29. The summed E-state index contributed by atoms with van der Waals surface area (Å²) >= 11 is 0. The van der Waals surface area contributed by atoms with Crippen LogP contribution in [-0.4, -0.2) is 39.6 Å². The highest BCUT2D eigenvalue weighted by molar-refractivity contribution is 5.84. The summed E-state index contributed by atoms with van der Waals surface area (Å²) in [5.74, 6) is 2.68. The fourth-order valence-electron chi connectivity index (χ4n) is 3.64.